The molecule has 0 aromatic heterocycles. The van der Waals surface area contributed by atoms with Crippen LogP contribution in [0.2, 0.25) is 0 Å². The van der Waals surface area contributed by atoms with Crippen LogP contribution in [-0.2, 0) is 4.79 Å². The van der Waals surface area contributed by atoms with Gasteiger partial charge in [-0.15, -0.1) is 24.8 Å². The fourth-order valence-electron chi connectivity index (χ4n) is 0.542. The minimum absolute atomic E-state index is 0. The van der Waals surface area contributed by atoms with Gasteiger partial charge in [-0.1, -0.05) is 11.8 Å². The number of amidine groups is 1. The Balaban J connectivity index is -0.000000845. The van der Waals surface area contributed by atoms with E-state index in [9.17, 15) is 4.79 Å². The highest BCUT2D eigenvalue weighted by Gasteiger charge is 2.26. The van der Waals surface area contributed by atoms with E-state index in [0.717, 1.165) is 0 Å². The van der Waals surface area contributed by atoms with E-state index in [1.807, 2.05) is 0 Å². The fraction of sp³-hybridized carbons (Fsp3) is 0.556. The molecule has 5 N–H and O–H groups in total. The lowest BCUT2D eigenvalue weighted by atomic mass is 10.0. The van der Waals surface area contributed by atoms with E-state index in [1.165, 1.54) is 6.92 Å². The van der Waals surface area contributed by atoms with Crippen LogP contribution >= 0.6 is 24.8 Å². The summed E-state index contributed by atoms with van der Waals surface area (Å²) in [6, 6.07) is 0. The van der Waals surface area contributed by atoms with Gasteiger partial charge in [0.15, 0.2) is 0 Å². The first-order valence-corrected chi connectivity index (χ1v) is 4.11. The van der Waals surface area contributed by atoms with Crippen LogP contribution in [0.25, 0.3) is 0 Å². The summed E-state index contributed by atoms with van der Waals surface area (Å²) < 4.78 is 0. The molecular weight excluding hydrogens is 253 g/mol. The Hall–Kier alpha value is -0.960. The Labute approximate surface area is 107 Å². The Morgan fingerprint density at radius 3 is 2.31 bits per heavy atom. The zero-order valence-corrected chi connectivity index (χ0v) is 10.8. The van der Waals surface area contributed by atoms with E-state index in [1.54, 1.807) is 6.92 Å². The molecule has 0 aliphatic carbocycles. The average molecular weight is 270 g/mol. The maximum atomic E-state index is 10.6. The highest BCUT2D eigenvalue weighted by Crippen LogP contribution is 2.03. The number of rotatable bonds is 3. The number of carboxylic acids is 1. The summed E-state index contributed by atoms with van der Waals surface area (Å²) in [6.07, 6.45) is 0.0987. The van der Waals surface area contributed by atoms with Gasteiger partial charge in [0.25, 0.3) is 0 Å². The summed E-state index contributed by atoms with van der Waals surface area (Å²) in [7, 11) is 0. The summed E-state index contributed by atoms with van der Waals surface area (Å²) >= 11 is 0. The zero-order chi connectivity index (χ0) is 11.2. The van der Waals surface area contributed by atoms with Crippen molar-refractivity contribution in [1.29, 1.82) is 0 Å². The molecule has 7 heteroatoms. The van der Waals surface area contributed by atoms with Crippen LogP contribution in [0.3, 0.4) is 0 Å². The molecule has 0 fully saturated rings. The predicted molar refractivity (Wildman–Crippen MR) is 69.3 cm³/mol. The number of nitrogens with two attached hydrogens (primary N) is 2. The molecule has 0 saturated carbocycles. The van der Waals surface area contributed by atoms with Crippen LogP contribution in [0.1, 0.15) is 20.3 Å². The summed E-state index contributed by atoms with van der Waals surface area (Å²) in [5, 5.41) is 8.65. The molecule has 0 aromatic carbocycles. The first-order chi connectivity index (χ1) is 6.36. The monoisotopic (exact) mass is 269 g/mol. The maximum absolute atomic E-state index is 10.6. The van der Waals surface area contributed by atoms with Crippen molar-refractivity contribution in [3.63, 3.8) is 0 Å². The molecule has 0 amide bonds. The molecule has 0 bridgehead atoms. The topological polar surface area (TPSA) is 102 Å². The minimum atomic E-state index is -1.30. The quantitative estimate of drug-likeness (QED) is 0.392. The SMILES string of the molecule is CC(N)=NCC#CCC(C)(N)C(=O)O.Cl.Cl. The third kappa shape index (κ3) is 9.59. The molecule has 0 aromatic rings. The van der Waals surface area contributed by atoms with Crippen molar-refractivity contribution in [1.82, 2.24) is 0 Å². The number of halogens is 2. The summed E-state index contributed by atoms with van der Waals surface area (Å²) in [6.45, 7) is 3.35. The van der Waals surface area contributed by atoms with Gasteiger partial charge in [-0.3, -0.25) is 9.79 Å². The number of aliphatic carboxylic acids is 1. The van der Waals surface area contributed by atoms with Crippen molar-refractivity contribution in [2.45, 2.75) is 25.8 Å². The van der Waals surface area contributed by atoms with Crippen LogP contribution in [0, 0.1) is 11.8 Å². The van der Waals surface area contributed by atoms with Gasteiger partial charge < -0.3 is 16.6 Å². The lowest BCUT2D eigenvalue weighted by Gasteiger charge is -2.14. The van der Waals surface area contributed by atoms with E-state index < -0.39 is 11.5 Å². The number of carbonyl (C=O) groups is 1. The van der Waals surface area contributed by atoms with Gasteiger partial charge in [-0.2, -0.15) is 0 Å². The third-order valence-electron chi connectivity index (χ3n) is 1.48. The predicted octanol–water partition coefficient (Wildman–Crippen LogP) is 0.403. The number of carboxylic acid groups (broad SMARTS) is 1. The van der Waals surface area contributed by atoms with Crippen LogP contribution in [-0.4, -0.2) is 29.0 Å². The molecule has 0 aliphatic heterocycles. The first kappa shape index (κ1) is 20.5. The summed E-state index contributed by atoms with van der Waals surface area (Å²) in [5.41, 5.74) is 9.41. The Bertz CT molecular complexity index is 302. The fourth-order valence-corrected chi connectivity index (χ4v) is 0.542. The molecule has 0 rings (SSSR count). The second-order valence-corrected chi connectivity index (χ2v) is 3.21. The molecule has 0 saturated heterocycles. The summed E-state index contributed by atoms with van der Waals surface area (Å²) in [5.74, 6) is 4.70. The maximum Gasteiger partial charge on any atom is 0.324 e. The molecule has 0 aliphatic rings. The van der Waals surface area contributed by atoms with Gasteiger partial charge in [0.05, 0.1) is 5.84 Å². The van der Waals surface area contributed by atoms with Gasteiger partial charge in [-0.05, 0) is 13.8 Å². The third-order valence-corrected chi connectivity index (χ3v) is 1.48. The van der Waals surface area contributed by atoms with Gasteiger partial charge in [0, 0.05) is 6.42 Å². The Morgan fingerprint density at radius 1 is 1.44 bits per heavy atom. The van der Waals surface area contributed by atoms with E-state index in [4.69, 9.17) is 16.6 Å². The Kier molecular flexibility index (Phi) is 11.9. The molecule has 0 radical (unpaired) electrons. The molecule has 1 unspecified atom stereocenters. The molecule has 0 spiro atoms. The second kappa shape index (κ2) is 9.28. The molecule has 1 atom stereocenters. The molecule has 94 valence electrons. The number of aliphatic imine (C=N–C) groups is 1. The van der Waals surface area contributed by atoms with Crippen molar-refractivity contribution < 1.29 is 9.90 Å². The molecular formula is C9H17Cl2N3O2. The van der Waals surface area contributed by atoms with Gasteiger partial charge >= 0.3 is 5.97 Å². The number of nitrogens with zero attached hydrogens (tertiary/aromatic N) is 1. The van der Waals surface area contributed by atoms with E-state index in [2.05, 4.69) is 16.8 Å². The first-order valence-electron chi connectivity index (χ1n) is 4.11. The largest absolute Gasteiger partial charge is 0.480 e. The highest BCUT2D eigenvalue weighted by molar-refractivity contribution is 5.85. The lowest BCUT2D eigenvalue weighted by Crippen LogP contribution is -2.44. The lowest BCUT2D eigenvalue weighted by molar-refractivity contribution is -0.142. The van der Waals surface area contributed by atoms with Gasteiger partial charge in [0.2, 0.25) is 0 Å². The highest BCUT2D eigenvalue weighted by atomic mass is 35.5. The van der Waals surface area contributed by atoms with E-state index in [0.29, 0.717) is 5.84 Å². The van der Waals surface area contributed by atoms with E-state index >= 15 is 0 Å². The molecule has 5 nitrogen and oxygen atoms in total. The Morgan fingerprint density at radius 2 is 1.94 bits per heavy atom. The number of hydrogen-bond donors (Lipinski definition) is 3. The zero-order valence-electron chi connectivity index (χ0n) is 9.19. The van der Waals surface area contributed by atoms with Crippen LogP contribution in [0.4, 0.5) is 0 Å². The average Bonchev–Trinajstić information content (AvgIpc) is 2.02. The van der Waals surface area contributed by atoms with Crippen molar-refractivity contribution in [3.8, 4) is 11.8 Å². The summed E-state index contributed by atoms with van der Waals surface area (Å²) in [4.78, 5) is 14.4. The van der Waals surface area contributed by atoms with Gasteiger partial charge in [-0.25, -0.2) is 0 Å². The molecule has 16 heavy (non-hydrogen) atoms. The minimum Gasteiger partial charge on any atom is -0.480 e. The van der Waals surface area contributed by atoms with Crippen molar-refractivity contribution in [2.24, 2.45) is 16.5 Å². The van der Waals surface area contributed by atoms with Gasteiger partial charge in [0.1, 0.15) is 12.1 Å². The standard InChI is InChI=1S/C9H15N3O2.2ClH/c1-7(10)12-6-4-3-5-9(2,11)8(13)14;;/h5-6,11H2,1-2H3,(H2,10,12)(H,13,14);2*1H. The van der Waals surface area contributed by atoms with Crippen molar-refractivity contribution in [3.05, 3.63) is 0 Å². The van der Waals surface area contributed by atoms with Crippen LogP contribution < -0.4 is 11.5 Å². The van der Waals surface area contributed by atoms with Crippen molar-refractivity contribution in [2.75, 3.05) is 6.54 Å². The van der Waals surface area contributed by atoms with Crippen LogP contribution in [0.5, 0.6) is 0 Å². The number of hydrogen-bond acceptors (Lipinski definition) is 3. The smallest absolute Gasteiger partial charge is 0.324 e. The molecule has 0 heterocycles. The second-order valence-electron chi connectivity index (χ2n) is 3.21. The van der Waals surface area contributed by atoms with Crippen molar-refractivity contribution >= 4 is 36.6 Å². The normalized spacial score (nSPS) is 13.3. The van der Waals surface area contributed by atoms with E-state index in [-0.39, 0.29) is 37.8 Å². The van der Waals surface area contributed by atoms with Crippen LogP contribution in [0.15, 0.2) is 4.99 Å².